The molecule has 1 rings (SSSR count). The van der Waals surface area contributed by atoms with Gasteiger partial charge in [-0.25, -0.2) is 4.79 Å². The molecule has 0 aromatic heterocycles. The Kier molecular flexibility index (Phi) is 4.51. The number of amides is 1. The van der Waals surface area contributed by atoms with Gasteiger partial charge in [0.15, 0.2) is 0 Å². The summed E-state index contributed by atoms with van der Waals surface area (Å²) < 4.78 is 0. The van der Waals surface area contributed by atoms with E-state index in [4.69, 9.17) is 0 Å². The number of nitrogens with zero attached hydrogens (tertiary/aromatic N) is 2. The van der Waals surface area contributed by atoms with Gasteiger partial charge >= 0.3 is 5.97 Å². The molecule has 0 spiro atoms. The van der Waals surface area contributed by atoms with Crippen LogP contribution in [0, 0.1) is 0 Å². The Hall–Kier alpha value is -1.10. The molecule has 5 nitrogen and oxygen atoms in total. The number of piperidine rings is 1. The van der Waals surface area contributed by atoms with Crippen LogP contribution < -0.4 is 0 Å². The van der Waals surface area contributed by atoms with Crippen molar-refractivity contribution in [2.24, 2.45) is 0 Å². The largest absolute Gasteiger partial charge is 0.479 e. The van der Waals surface area contributed by atoms with Crippen LogP contribution in [0.5, 0.6) is 0 Å². The minimum Gasteiger partial charge on any atom is -0.479 e. The van der Waals surface area contributed by atoms with Crippen LogP contribution in [0.2, 0.25) is 0 Å². The van der Waals surface area contributed by atoms with Crippen LogP contribution in [0.1, 0.15) is 33.1 Å². The smallest absolute Gasteiger partial charge is 0.329 e. The highest BCUT2D eigenvalue weighted by atomic mass is 16.4. The number of carboxylic acid groups (broad SMARTS) is 1. The van der Waals surface area contributed by atoms with E-state index in [0.29, 0.717) is 12.8 Å². The Morgan fingerprint density at radius 2 is 1.88 bits per heavy atom. The predicted molar refractivity (Wildman–Crippen MR) is 64.8 cm³/mol. The normalized spacial score (nSPS) is 19.9. The molecule has 0 radical (unpaired) electrons. The van der Waals surface area contributed by atoms with Crippen molar-refractivity contribution >= 4 is 11.9 Å². The maximum atomic E-state index is 11.5. The lowest BCUT2D eigenvalue weighted by Gasteiger charge is -2.43. The molecule has 1 amide bonds. The van der Waals surface area contributed by atoms with Crippen LogP contribution in [-0.4, -0.2) is 59.0 Å². The molecule has 0 atom stereocenters. The molecule has 5 heteroatoms. The van der Waals surface area contributed by atoms with Crippen LogP contribution in [0.4, 0.5) is 0 Å². The zero-order chi connectivity index (χ0) is 13.1. The van der Waals surface area contributed by atoms with Crippen molar-refractivity contribution in [1.82, 2.24) is 9.80 Å². The molecule has 1 aliphatic rings. The van der Waals surface area contributed by atoms with Gasteiger partial charge in [0.2, 0.25) is 5.91 Å². The second-order valence-electron chi connectivity index (χ2n) is 4.76. The van der Waals surface area contributed by atoms with E-state index < -0.39 is 11.5 Å². The molecule has 0 bridgehead atoms. The van der Waals surface area contributed by atoms with Crippen molar-refractivity contribution in [3.05, 3.63) is 0 Å². The zero-order valence-electron chi connectivity index (χ0n) is 10.9. The standard InChI is InChI=1S/C12H22N2O3/c1-4-7-14-8-5-12(6-9-14,11(16)17)13(3)10(2)15/h4-9H2,1-3H3,(H,16,17). The SMILES string of the molecule is CCCN1CCC(C(=O)O)(N(C)C(C)=O)CC1. The molecule has 1 saturated heterocycles. The summed E-state index contributed by atoms with van der Waals surface area (Å²) in [6.07, 6.45) is 2.10. The van der Waals surface area contributed by atoms with E-state index in [9.17, 15) is 14.7 Å². The molecule has 0 aromatic rings. The van der Waals surface area contributed by atoms with Gasteiger partial charge in [0.25, 0.3) is 0 Å². The molecule has 1 fully saturated rings. The molecule has 0 aromatic carbocycles. The van der Waals surface area contributed by atoms with Crippen molar-refractivity contribution in [1.29, 1.82) is 0 Å². The number of carboxylic acids is 1. The maximum Gasteiger partial charge on any atom is 0.329 e. The number of hydrogen-bond acceptors (Lipinski definition) is 3. The minimum absolute atomic E-state index is 0.184. The van der Waals surface area contributed by atoms with Crippen LogP contribution in [0.15, 0.2) is 0 Å². The third-order valence-electron chi connectivity index (χ3n) is 3.74. The summed E-state index contributed by atoms with van der Waals surface area (Å²) >= 11 is 0. The second kappa shape index (κ2) is 5.49. The van der Waals surface area contributed by atoms with Gasteiger partial charge in [-0.2, -0.15) is 0 Å². The van der Waals surface area contributed by atoms with Crippen molar-refractivity contribution in [2.75, 3.05) is 26.7 Å². The zero-order valence-corrected chi connectivity index (χ0v) is 10.9. The van der Waals surface area contributed by atoms with Gasteiger partial charge in [-0.15, -0.1) is 0 Å². The number of carbonyl (C=O) groups is 2. The van der Waals surface area contributed by atoms with Gasteiger partial charge in [0.05, 0.1) is 0 Å². The van der Waals surface area contributed by atoms with Crippen molar-refractivity contribution < 1.29 is 14.7 Å². The third-order valence-corrected chi connectivity index (χ3v) is 3.74. The molecular weight excluding hydrogens is 220 g/mol. The first kappa shape index (κ1) is 14.0. The van der Waals surface area contributed by atoms with Crippen molar-refractivity contribution in [3.8, 4) is 0 Å². The van der Waals surface area contributed by atoms with Crippen LogP contribution in [-0.2, 0) is 9.59 Å². The molecule has 1 heterocycles. The lowest BCUT2D eigenvalue weighted by Crippen LogP contribution is -2.60. The highest BCUT2D eigenvalue weighted by molar-refractivity contribution is 5.86. The number of likely N-dealkylation sites (tertiary alicyclic amines) is 1. The fourth-order valence-electron chi connectivity index (χ4n) is 2.46. The second-order valence-corrected chi connectivity index (χ2v) is 4.76. The average Bonchev–Trinajstić information content (AvgIpc) is 2.29. The topological polar surface area (TPSA) is 60.9 Å². The Balaban J connectivity index is 2.77. The maximum absolute atomic E-state index is 11.5. The number of likely N-dealkylation sites (N-methyl/N-ethyl adjacent to an activating group) is 1. The first-order chi connectivity index (χ1) is 7.94. The Labute approximate surface area is 102 Å². The number of hydrogen-bond donors (Lipinski definition) is 1. The summed E-state index contributed by atoms with van der Waals surface area (Å²) in [5, 5.41) is 9.41. The molecule has 0 saturated carbocycles. The lowest BCUT2D eigenvalue weighted by molar-refractivity contribution is -0.160. The fraction of sp³-hybridized carbons (Fsp3) is 0.833. The first-order valence-electron chi connectivity index (χ1n) is 6.14. The summed E-state index contributed by atoms with van der Waals surface area (Å²) in [5.41, 5.74) is -1.00. The van der Waals surface area contributed by atoms with E-state index >= 15 is 0 Å². The van der Waals surface area contributed by atoms with Gasteiger partial charge in [-0.05, 0) is 25.8 Å². The van der Waals surface area contributed by atoms with Gasteiger partial charge in [-0.3, -0.25) is 4.79 Å². The Morgan fingerprint density at radius 1 is 1.35 bits per heavy atom. The molecular formula is C12H22N2O3. The molecule has 1 aliphatic heterocycles. The van der Waals surface area contributed by atoms with Crippen molar-refractivity contribution in [2.45, 2.75) is 38.6 Å². The first-order valence-corrected chi connectivity index (χ1v) is 6.14. The summed E-state index contributed by atoms with van der Waals surface area (Å²) in [6, 6.07) is 0. The number of carbonyl (C=O) groups excluding carboxylic acids is 1. The van der Waals surface area contributed by atoms with E-state index in [-0.39, 0.29) is 5.91 Å². The van der Waals surface area contributed by atoms with Crippen LogP contribution >= 0.6 is 0 Å². The van der Waals surface area contributed by atoms with Gasteiger partial charge in [0.1, 0.15) is 5.54 Å². The van der Waals surface area contributed by atoms with Crippen LogP contribution in [0.25, 0.3) is 0 Å². The predicted octanol–water partition coefficient (Wildman–Crippen LogP) is 0.794. The van der Waals surface area contributed by atoms with E-state index in [2.05, 4.69) is 11.8 Å². The highest BCUT2D eigenvalue weighted by Crippen LogP contribution is 2.28. The Bertz CT molecular complexity index is 296. The molecule has 1 N–H and O–H groups in total. The van der Waals surface area contributed by atoms with Gasteiger partial charge in [0, 0.05) is 27.1 Å². The molecule has 0 unspecified atom stereocenters. The molecule has 0 aliphatic carbocycles. The third kappa shape index (κ3) is 2.77. The summed E-state index contributed by atoms with van der Waals surface area (Å²) in [5.74, 6) is -1.07. The summed E-state index contributed by atoms with van der Waals surface area (Å²) in [6.45, 7) is 6.03. The van der Waals surface area contributed by atoms with E-state index in [1.54, 1.807) is 7.05 Å². The van der Waals surface area contributed by atoms with Crippen LogP contribution in [0.3, 0.4) is 0 Å². The Morgan fingerprint density at radius 3 is 2.24 bits per heavy atom. The summed E-state index contributed by atoms with van der Waals surface area (Å²) in [7, 11) is 1.59. The average molecular weight is 242 g/mol. The van der Waals surface area contributed by atoms with E-state index in [1.165, 1.54) is 11.8 Å². The number of aliphatic carboxylic acids is 1. The lowest BCUT2D eigenvalue weighted by atomic mass is 9.85. The summed E-state index contributed by atoms with van der Waals surface area (Å²) in [4.78, 5) is 26.5. The van der Waals surface area contributed by atoms with Gasteiger partial charge < -0.3 is 14.9 Å². The van der Waals surface area contributed by atoms with E-state index in [1.807, 2.05) is 0 Å². The molecule has 98 valence electrons. The van der Waals surface area contributed by atoms with Crippen molar-refractivity contribution in [3.63, 3.8) is 0 Å². The quantitative estimate of drug-likeness (QED) is 0.792. The number of rotatable bonds is 4. The monoisotopic (exact) mass is 242 g/mol. The minimum atomic E-state index is -1.00. The van der Waals surface area contributed by atoms with Gasteiger partial charge in [-0.1, -0.05) is 6.92 Å². The highest BCUT2D eigenvalue weighted by Gasteiger charge is 2.45. The fourth-order valence-corrected chi connectivity index (χ4v) is 2.46. The van der Waals surface area contributed by atoms with E-state index in [0.717, 1.165) is 26.1 Å². The molecule has 17 heavy (non-hydrogen) atoms.